The first-order valence-corrected chi connectivity index (χ1v) is 8.48. The molecule has 1 amide bonds. The van der Waals surface area contributed by atoms with Crippen LogP contribution in [-0.4, -0.2) is 22.8 Å². The standard InChI is InChI=1S/C20H19ClN2O2/c1-23(14-15-6-5-9-17(21)12-15)20(24)11-10-19-22-13-18(25-19)16-7-3-2-4-8-16/h2-9,12-13H,10-11,14H2,1H3. The lowest BCUT2D eigenvalue weighted by molar-refractivity contribution is -0.130. The number of nitrogens with zero attached hydrogens (tertiary/aromatic N) is 2. The van der Waals surface area contributed by atoms with E-state index in [1.807, 2.05) is 54.6 Å². The molecule has 0 fully saturated rings. The summed E-state index contributed by atoms with van der Waals surface area (Å²) in [6.07, 6.45) is 2.53. The van der Waals surface area contributed by atoms with E-state index in [0.717, 1.165) is 16.9 Å². The van der Waals surface area contributed by atoms with E-state index < -0.39 is 0 Å². The van der Waals surface area contributed by atoms with Gasteiger partial charge >= 0.3 is 0 Å². The Bertz CT molecular complexity index is 846. The second-order valence-corrected chi connectivity index (χ2v) is 6.30. The van der Waals surface area contributed by atoms with Crippen LogP contribution in [0.4, 0.5) is 0 Å². The summed E-state index contributed by atoms with van der Waals surface area (Å²) in [5.41, 5.74) is 1.98. The number of carbonyl (C=O) groups is 1. The molecule has 0 radical (unpaired) electrons. The Morgan fingerprint density at radius 1 is 1.16 bits per heavy atom. The van der Waals surface area contributed by atoms with Gasteiger partial charge in [0, 0.05) is 37.0 Å². The van der Waals surface area contributed by atoms with Crippen molar-refractivity contribution in [3.05, 3.63) is 77.3 Å². The highest BCUT2D eigenvalue weighted by Gasteiger charge is 2.12. The molecule has 4 nitrogen and oxygen atoms in total. The van der Waals surface area contributed by atoms with Crippen molar-refractivity contribution in [2.24, 2.45) is 0 Å². The van der Waals surface area contributed by atoms with E-state index in [1.54, 1.807) is 18.1 Å². The van der Waals surface area contributed by atoms with Gasteiger partial charge in [-0.05, 0) is 17.7 Å². The number of halogens is 1. The maximum atomic E-state index is 12.3. The summed E-state index contributed by atoms with van der Waals surface area (Å²) in [6.45, 7) is 0.528. The van der Waals surface area contributed by atoms with Crippen molar-refractivity contribution in [2.45, 2.75) is 19.4 Å². The Kier molecular flexibility index (Phi) is 5.51. The second kappa shape index (κ2) is 7.99. The number of hydrogen-bond acceptors (Lipinski definition) is 3. The summed E-state index contributed by atoms with van der Waals surface area (Å²) >= 11 is 5.98. The van der Waals surface area contributed by atoms with Crippen molar-refractivity contribution in [1.82, 2.24) is 9.88 Å². The van der Waals surface area contributed by atoms with Crippen molar-refractivity contribution >= 4 is 17.5 Å². The Balaban J connectivity index is 1.54. The molecule has 25 heavy (non-hydrogen) atoms. The van der Waals surface area contributed by atoms with Crippen molar-refractivity contribution in [3.63, 3.8) is 0 Å². The van der Waals surface area contributed by atoms with E-state index in [2.05, 4.69) is 4.98 Å². The molecule has 0 aliphatic heterocycles. The number of aromatic nitrogens is 1. The van der Waals surface area contributed by atoms with Crippen molar-refractivity contribution < 1.29 is 9.21 Å². The molecule has 1 aromatic heterocycles. The third kappa shape index (κ3) is 4.70. The summed E-state index contributed by atoms with van der Waals surface area (Å²) in [5, 5.41) is 0.673. The lowest BCUT2D eigenvalue weighted by Crippen LogP contribution is -2.26. The van der Waals surface area contributed by atoms with Gasteiger partial charge in [-0.3, -0.25) is 4.79 Å². The number of carbonyl (C=O) groups excluding carboxylic acids is 1. The number of aryl methyl sites for hydroxylation is 1. The first kappa shape index (κ1) is 17.2. The van der Waals surface area contributed by atoms with Gasteiger partial charge in [0.2, 0.25) is 5.91 Å². The van der Waals surface area contributed by atoms with Gasteiger partial charge in [0.15, 0.2) is 11.7 Å². The van der Waals surface area contributed by atoms with E-state index in [9.17, 15) is 4.79 Å². The van der Waals surface area contributed by atoms with Gasteiger partial charge in [-0.15, -0.1) is 0 Å². The molecule has 0 aliphatic carbocycles. The highest BCUT2D eigenvalue weighted by Crippen LogP contribution is 2.20. The Morgan fingerprint density at radius 3 is 2.72 bits per heavy atom. The van der Waals surface area contributed by atoms with Crippen molar-refractivity contribution in [2.75, 3.05) is 7.05 Å². The average molecular weight is 355 g/mol. The van der Waals surface area contributed by atoms with Gasteiger partial charge in [-0.25, -0.2) is 4.98 Å². The second-order valence-electron chi connectivity index (χ2n) is 5.86. The predicted molar refractivity (Wildman–Crippen MR) is 98.2 cm³/mol. The Morgan fingerprint density at radius 2 is 1.96 bits per heavy atom. The zero-order chi connectivity index (χ0) is 17.6. The normalized spacial score (nSPS) is 10.6. The number of hydrogen-bond donors (Lipinski definition) is 0. The molecule has 1 heterocycles. The number of rotatable bonds is 6. The monoisotopic (exact) mass is 354 g/mol. The van der Waals surface area contributed by atoms with Gasteiger partial charge in [-0.2, -0.15) is 0 Å². The summed E-state index contributed by atoms with van der Waals surface area (Å²) < 4.78 is 5.73. The molecule has 3 rings (SSSR count). The molecule has 3 aromatic rings. The fourth-order valence-corrected chi connectivity index (χ4v) is 2.78. The number of oxazole rings is 1. The quantitative estimate of drug-likeness (QED) is 0.650. The fourth-order valence-electron chi connectivity index (χ4n) is 2.56. The first-order valence-electron chi connectivity index (χ1n) is 8.10. The summed E-state index contributed by atoms with van der Waals surface area (Å²) in [5.74, 6) is 1.33. The average Bonchev–Trinajstić information content (AvgIpc) is 3.09. The van der Waals surface area contributed by atoms with E-state index in [-0.39, 0.29) is 5.91 Å². The third-order valence-corrected chi connectivity index (χ3v) is 4.13. The Labute approximate surface area is 152 Å². The molecule has 0 saturated carbocycles. The fraction of sp³-hybridized carbons (Fsp3) is 0.200. The van der Waals surface area contributed by atoms with Gasteiger partial charge in [0.25, 0.3) is 0 Å². The van der Waals surface area contributed by atoms with Crippen LogP contribution in [0.25, 0.3) is 11.3 Å². The molecule has 2 aromatic carbocycles. The minimum absolute atomic E-state index is 0.0411. The van der Waals surface area contributed by atoms with E-state index >= 15 is 0 Å². The molecular formula is C20H19ClN2O2. The van der Waals surface area contributed by atoms with Crippen LogP contribution in [-0.2, 0) is 17.8 Å². The van der Waals surface area contributed by atoms with Crippen LogP contribution < -0.4 is 0 Å². The lowest BCUT2D eigenvalue weighted by Gasteiger charge is -2.17. The molecule has 0 bridgehead atoms. The lowest BCUT2D eigenvalue weighted by atomic mass is 10.2. The van der Waals surface area contributed by atoms with Crippen LogP contribution in [0, 0.1) is 0 Å². The predicted octanol–water partition coefficient (Wildman–Crippen LogP) is 4.59. The molecule has 0 saturated heterocycles. The number of benzene rings is 2. The van der Waals surface area contributed by atoms with Crippen LogP contribution in [0.1, 0.15) is 17.9 Å². The van der Waals surface area contributed by atoms with E-state index in [4.69, 9.17) is 16.0 Å². The molecule has 0 spiro atoms. The van der Waals surface area contributed by atoms with Gasteiger partial charge in [0.05, 0.1) is 6.20 Å². The zero-order valence-electron chi connectivity index (χ0n) is 14.0. The smallest absolute Gasteiger partial charge is 0.223 e. The molecule has 0 aliphatic rings. The van der Waals surface area contributed by atoms with Crippen molar-refractivity contribution in [3.8, 4) is 11.3 Å². The topological polar surface area (TPSA) is 46.3 Å². The van der Waals surface area contributed by atoms with Crippen LogP contribution in [0.15, 0.2) is 65.2 Å². The summed E-state index contributed by atoms with van der Waals surface area (Å²) in [7, 11) is 1.79. The minimum Gasteiger partial charge on any atom is -0.441 e. The highest BCUT2D eigenvalue weighted by atomic mass is 35.5. The molecule has 128 valence electrons. The van der Waals surface area contributed by atoms with Crippen LogP contribution in [0.3, 0.4) is 0 Å². The highest BCUT2D eigenvalue weighted by molar-refractivity contribution is 6.30. The van der Waals surface area contributed by atoms with Gasteiger partial charge < -0.3 is 9.32 Å². The number of amides is 1. The maximum Gasteiger partial charge on any atom is 0.223 e. The third-order valence-electron chi connectivity index (χ3n) is 3.90. The molecule has 5 heteroatoms. The van der Waals surface area contributed by atoms with E-state index in [0.29, 0.717) is 30.3 Å². The summed E-state index contributed by atoms with van der Waals surface area (Å²) in [6, 6.07) is 17.3. The minimum atomic E-state index is 0.0411. The Hall–Kier alpha value is -2.59. The zero-order valence-corrected chi connectivity index (χ0v) is 14.7. The molecule has 0 atom stereocenters. The van der Waals surface area contributed by atoms with Gasteiger partial charge in [0.1, 0.15) is 0 Å². The molecule has 0 unspecified atom stereocenters. The molecule has 0 N–H and O–H groups in total. The molecular weight excluding hydrogens is 336 g/mol. The SMILES string of the molecule is CN(Cc1cccc(Cl)c1)C(=O)CCc1ncc(-c2ccccc2)o1. The summed E-state index contributed by atoms with van der Waals surface area (Å²) in [4.78, 5) is 18.3. The van der Waals surface area contributed by atoms with Crippen molar-refractivity contribution in [1.29, 1.82) is 0 Å². The maximum absolute atomic E-state index is 12.3. The van der Waals surface area contributed by atoms with Crippen LogP contribution >= 0.6 is 11.6 Å². The van der Waals surface area contributed by atoms with Crippen LogP contribution in [0.5, 0.6) is 0 Å². The largest absolute Gasteiger partial charge is 0.441 e. The first-order chi connectivity index (χ1) is 12.1. The van der Waals surface area contributed by atoms with Crippen LogP contribution in [0.2, 0.25) is 5.02 Å². The van der Waals surface area contributed by atoms with Gasteiger partial charge in [-0.1, -0.05) is 54.1 Å². The van der Waals surface area contributed by atoms with E-state index in [1.165, 1.54) is 0 Å².